The second kappa shape index (κ2) is 7.00. The lowest BCUT2D eigenvalue weighted by Gasteiger charge is -2.32. The lowest BCUT2D eigenvalue weighted by molar-refractivity contribution is -0.120. The predicted molar refractivity (Wildman–Crippen MR) is 107 cm³/mol. The zero-order valence-corrected chi connectivity index (χ0v) is 15.5. The van der Waals surface area contributed by atoms with Crippen molar-refractivity contribution < 1.29 is 4.79 Å². The third-order valence-electron chi connectivity index (χ3n) is 4.95. The summed E-state index contributed by atoms with van der Waals surface area (Å²) in [7, 11) is 0. The molecule has 0 atom stereocenters. The molecule has 0 radical (unpaired) electrons. The van der Waals surface area contributed by atoms with Crippen molar-refractivity contribution in [3.8, 4) is 0 Å². The molecule has 27 heavy (non-hydrogen) atoms. The minimum Gasteiger partial charge on any atom is -0.394 e. The van der Waals surface area contributed by atoms with Crippen LogP contribution in [0.4, 0.5) is 11.4 Å². The zero-order valence-electron chi connectivity index (χ0n) is 14.7. The van der Waals surface area contributed by atoms with Gasteiger partial charge in [0.15, 0.2) is 0 Å². The maximum atomic E-state index is 12.1. The molecule has 0 fully saturated rings. The van der Waals surface area contributed by atoms with Crippen LogP contribution in [0.5, 0.6) is 0 Å². The van der Waals surface area contributed by atoms with Crippen molar-refractivity contribution in [1.29, 1.82) is 0 Å². The molecule has 0 unspecified atom stereocenters. The van der Waals surface area contributed by atoms with Crippen LogP contribution in [0.3, 0.4) is 0 Å². The number of hydrogen-bond donors (Lipinski definition) is 2. The van der Waals surface area contributed by atoms with Gasteiger partial charge in [0.2, 0.25) is 5.91 Å². The van der Waals surface area contributed by atoms with Crippen molar-refractivity contribution in [2.24, 2.45) is 0 Å². The van der Waals surface area contributed by atoms with Crippen LogP contribution in [0.15, 0.2) is 44.6 Å². The van der Waals surface area contributed by atoms with E-state index in [0.29, 0.717) is 31.7 Å². The van der Waals surface area contributed by atoms with Crippen LogP contribution in [0.1, 0.15) is 22.3 Å². The van der Waals surface area contributed by atoms with Gasteiger partial charge in [-0.2, -0.15) is 11.3 Å². The number of thiophene rings is 1. The highest BCUT2D eigenvalue weighted by Crippen LogP contribution is 2.26. The summed E-state index contributed by atoms with van der Waals surface area (Å²) in [6, 6.07) is 8.09. The van der Waals surface area contributed by atoms with Crippen LogP contribution >= 0.6 is 11.3 Å². The van der Waals surface area contributed by atoms with Crippen LogP contribution in [0, 0.1) is 0 Å². The van der Waals surface area contributed by atoms with Gasteiger partial charge in [0, 0.05) is 19.6 Å². The van der Waals surface area contributed by atoms with E-state index in [2.05, 4.69) is 11.4 Å². The summed E-state index contributed by atoms with van der Waals surface area (Å²) in [6.45, 7) is 1.67. The topological polar surface area (TPSA) is 92.5 Å². The van der Waals surface area contributed by atoms with E-state index in [1.54, 1.807) is 11.3 Å². The van der Waals surface area contributed by atoms with Gasteiger partial charge >= 0.3 is 0 Å². The van der Waals surface area contributed by atoms with Gasteiger partial charge in [-0.3, -0.25) is 14.4 Å². The van der Waals surface area contributed by atoms with Gasteiger partial charge in [0.25, 0.3) is 10.9 Å². The van der Waals surface area contributed by atoms with Crippen LogP contribution in [0.2, 0.25) is 0 Å². The Morgan fingerprint density at radius 1 is 1.15 bits per heavy atom. The number of fused-ring (bicyclic) bond motifs is 1. The lowest BCUT2D eigenvalue weighted by atomic mass is 9.96. The first-order valence-corrected chi connectivity index (χ1v) is 9.69. The molecule has 6 nitrogen and oxygen atoms in total. The maximum Gasteiger partial charge on any atom is 0.253 e. The molecule has 1 aliphatic heterocycles. The number of amides is 1. The summed E-state index contributed by atoms with van der Waals surface area (Å²) in [4.78, 5) is 37.1. The van der Waals surface area contributed by atoms with E-state index in [-0.39, 0.29) is 11.6 Å². The Morgan fingerprint density at radius 3 is 2.74 bits per heavy atom. The highest BCUT2D eigenvalue weighted by Gasteiger charge is 2.26. The van der Waals surface area contributed by atoms with E-state index in [9.17, 15) is 14.4 Å². The second-order valence-corrected chi connectivity index (χ2v) is 7.56. The number of benzene rings is 1. The molecule has 1 aromatic heterocycles. The Bertz CT molecular complexity index is 1070. The first kappa shape index (κ1) is 17.5. The summed E-state index contributed by atoms with van der Waals surface area (Å²) in [5.41, 5.74) is 9.37. The van der Waals surface area contributed by atoms with Crippen LogP contribution < -0.4 is 26.8 Å². The van der Waals surface area contributed by atoms with E-state index >= 15 is 0 Å². The fraction of sp³-hybridized carbons (Fsp3) is 0.250. The Labute approximate surface area is 159 Å². The average Bonchev–Trinajstić information content (AvgIpc) is 3.19. The molecular formula is C20H19N3O3S. The number of hydrogen-bond acceptors (Lipinski definition) is 6. The van der Waals surface area contributed by atoms with E-state index in [4.69, 9.17) is 5.73 Å². The molecular weight excluding hydrogens is 362 g/mol. The molecule has 3 N–H and O–H groups in total. The molecule has 0 spiro atoms. The third kappa shape index (κ3) is 3.38. The smallest absolute Gasteiger partial charge is 0.253 e. The van der Waals surface area contributed by atoms with Gasteiger partial charge in [-0.15, -0.1) is 0 Å². The molecule has 1 aliphatic rings. The molecule has 138 valence electrons. The summed E-state index contributed by atoms with van der Waals surface area (Å²) >= 11 is 1.58. The fourth-order valence-electron chi connectivity index (χ4n) is 3.46. The standard InChI is InChI=1S/C20H19N3O3S/c21-17-18(20(26)19(17)25)23-5-3-14-2-1-12(7-15(14)10-23)9-22-16(24)8-13-4-6-27-11-13/h1-2,4,6-7,11H,3,5,8-10,21H2,(H,22,24). The SMILES string of the molecule is Nc1c(N2CCc3ccc(CNC(=O)Cc4ccsc4)cc3C2)c(=O)c1=O. The molecule has 4 rings (SSSR count). The first-order chi connectivity index (χ1) is 13.0. The maximum absolute atomic E-state index is 12.1. The molecule has 0 bridgehead atoms. The quantitative estimate of drug-likeness (QED) is 0.651. The number of carbonyl (C=O) groups excluding carboxylic acids is 1. The van der Waals surface area contributed by atoms with Gasteiger partial charge in [0.05, 0.1) is 6.42 Å². The summed E-state index contributed by atoms with van der Waals surface area (Å²) in [5, 5.41) is 6.88. The number of nitrogens with zero attached hydrogens (tertiary/aromatic N) is 1. The van der Waals surface area contributed by atoms with Crippen LogP contribution in [0.25, 0.3) is 0 Å². The van der Waals surface area contributed by atoms with Gasteiger partial charge in [-0.25, -0.2) is 0 Å². The minimum atomic E-state index is -0.585. The molecule has 0 saturated carbocycles. The molecule has 0 aliphatic carbocycles. The number of nitrogens with two attached hydrogens (primary N) is 1. The summed E-state index contributed by atoms with van der Waals surface area (Å²) < 4.78 is 0. The Hall–Kier alpha value is -2.93. The monoisotopic (exact) mass is 381 g/mol. The van der Waals surface area contributed by atoms with Crippen molar-refractivity contribution in [1.82, 2.24) is 5.32 Å². The Morgan fingerprint density at radius 2 is 2.00 bits per heavy atom. The highest BCUT2D eigenvalue weighted by atomic mass is 32.1. The molecule has 3 aromatic rings. The van der Waals surface area contributed by atoms with Crippen molar-refractivity contribution in [2.45, 2.75) is 25.9 Å². The lowest BCUT2D eigenvalue weighted by Crippen LogP contribution is -2.44. The van der Waals surface area contributed by atoms with Crippen molar-refractivity contribution in [3.63, 3.8) is 0 Å². The average molecular weight is 381 g/mol. The minimum absolute atomic E-state index is 0.00995. The second-order valence-electron chi connectivity index (χ2n) is 6.78. The van der Waals surface area contributed by atoms with Gasteiger partial charge < -0.3 is 16.0 Å². The third-order valence-corrected chi connectivity index (χ3v) is 5.69. The number of anilines is 2. The van der Waals surface area contributed by atoms with Crippen LogP contribution in [-0.4, -0.2) is 12.5 Å². The first-order valence-electron chi connectivity index (χ1n) is 8.75. The largest absolute Gasteiger partial charge is 0.394 e. The summed E-state index contributed by atoms with van der Waals surface area (Å²) in [5.74, 6) is -0.00995. The molecule has 2 heterocycles. The Balaban J connectivity index is 1.43. The van der Waals surface area contributed by atoms with E-state index in [0.717, 1.165) is 23.1 Å². The molecule has 0 saturated heterocycles. The van der Waals surface area contributed by atoms with Crippen molar-refractivity contribution >= 4 is 28.6 Å². The number of rotatable bonds is 5. The van der Waals surface area contributed by atoms with Gasteiger partial charge in [-0.1, -0.05) is 18.2 Å². The van der Waals surface area contributed by atoms with Gasteiger partial charge in [0.1, 0.15) is 11.4 Å². The fourth-order valence-corrected chi connectivity index (χ4v) is 4.13. The van der Waals surface area contributed by atoms with Gasteiger partial charge in [-0.05, 0) is 45.5 Å². The van der Waals surface area contributed by atoms with Crippen molar-refractivity contribution in [3.05, 3.63) is 77.7 Å². The predicted octanol–water partition coefficient (Wildman–Crippen LogP) is 1.35. The van der Waals surface area contributed by atoms with E-state index < -0.39 is 10.9 Å². The molecule has 7 heteroatoms. The van der Waals surface area contributed by atoms with E-state index in [1.807, 2.05) is 33.9 Å². The Kier molecular flexibility index (Phi) is 4.53. The van der Waals surface area contributed by atoms with Crippen molar-refractivity contribution in [2.75, 3.05) is 17.2 Å². The van der Waals surface area contributed by atoms with E-state index in [1.165, 1.54) is 5.56 Å². The zero-order chi connectivity index (χ0) is 19.0. The number of nitrogens with one attached hydrogen (secondary N) is 1. The molecule has 2 aromatic carbocycles. The number of nitrogen functional groups attached to an aromatic ring is 1. The summed E-state index contributed by atoms with van der Waals surface area (Å²) in [6.07, 6.45) is 1.17. The highest BCUT2D eigenvalue weighted by molar-refractivity contribution is 7.08. The van der Waals surface area contributed by atoms with Crippen LogP contribution in [-0.2, 0) is 30.7 Å². The number of carbonyl (C=O) groups is 1. The molecule has 1 amide bonds. The normalized spacial score (nSPS) is 13.6.